The van der Waals surface area contributed by atoms with E-state index in [0.29, 0.717) is 11.3 Å². The van der Waals surface area contributed by atoms with Crippen molar-refractivity contribution in [3.63, 3.8) is 0 Å². The minimum absolute atomic E-state index is 0.199. The van der Waals surface area contributed by atoms with Gasteiger partial charge in [0.25, 0.3) is 0 Å². The standard InChI is InChI=1S/C22H18ClNO5/c1-12(23)22(26)28-15-4-6-16-19(10-15)29-20(21(16)25)8-13-11-24(2)18-7-5-14(27-3)9-17(13)18/h4-12H,1-3H3/b20-8-. The number of ether oxygens (including phenoxy) is 3. The van der Waals surface area contributed by atoms with Crippen LogP contribution in [0.15, 0.2) is 48.4 Å². The maximum absolute atomic E-state index is 12.8. The van der Waals surface area contributed by atoms with E-state index < -0.39 is 11.3 Å². The van der Waals surface area contributed by atoms with Gasteiger partial charge in [-0.3, -0.25) is 9.59 Å². The zero-order chi connectivity index (χ0) is 20.7. The zero-order valence-electron chi connectivity index (χ0n) is 16.1. The van der Waals surface area contributed by atoms with Gasteiger partial charge in [-0.2, -0.15) is 0 Å². The summed E-state index contributed by atoms with van der Waals surface area (Å²) in [6.07, 6.45) is 3.63. The first-order valence-electron chi connectivity index (χ1n) is 8.94. The molecule has 29 heavy (non-hydrogen) atoms. The molecule has 0 radical (unpaired) electrons. The number of alkyl halides is 1. The number of rotatable bonds is 4. The maximum Gasteiger partial charge on any atom is 0.329 e. The van der Waals surface area contributed by atoms with Crippen LogP contribution in [0.4, 0.5) is 0 Å². The second-order valence-corrected chi connectivity index (χ2v) is 7.37. The molecule has 0 bridgehead atoms. The quantitative estimate of drug-likeness (QED) is 0.276. The molecule has 4 rings (SSSR count). The van der Waals surface area contributed by atoms with Gasteiger partial charge in [-0.15, -0.1) is 11.6 Å². The van der Waals surface area contributed by atoms with Gasteiger partial charge in [0.2, 0.25) is 5.78 Å². The second kappa shape index (κ2) is 7.29. The Morgan fingerprint density at radius 3 is 2.69 bits per heavy atom. The summed E-state index contributed by atoms with van der Waals surface area (Å²) in [5.74, 6) is 0.728. The van der Waals surface area contributed by atoms with Crippen molar-refractivity contribution in [1.29, 1.82) is 0 Å². The van der Waals surface area contributed by atoms with Gasteiger partial charge in [0.15, 0.2) is 5.76 Å². The average Bonchev–Trinajstić information content (AvgIpc) is 3.18. The van der Waals surface area contributed by atoms with E-state index in [0.717, 1.165) is 22.2 Å². The Morgan fingerprint density at radius 2 is 1.97 bits per heavy atom. The van der Waals surface area contributed by atoms with Crippen molar-refractivity contribution in [2.24, 2.45) is 7.05 Å². The predicted molar refractivity (Wildman–Crippen MR) is 110 cm³/mol. The largest absolute Gasteiger partial charge is 0.497 e. The summed E-state index contributed by atoms with van der Waals surface area (Å²) in [4.78, 5) is 24.4. The van der Waals surface area contributed by atoms with E-state index in [9.17, 15) is 9.59 Å². The topological polar surface area (TPSA) is 66.8 Å². The van der Waals surface area contributed by atoms with E-state index in [1.165, 1.54) is 13.0 Å². The van der Waals surface area contributed by atoms with E-state index in [4.69, 9.17) is 25.8 Å². The summed E-state index contributed by atoms with van der Waals surface area (Å²) in [6.45, 7) is 1.53. The number of hydrogen-bond donors (Lipinski definition) is 0. The van der Waals surface area contributed by atoms with Crippen molar-refractivity contribution in [3.05, 3.63) is 59.5 Å². The summed E-state index contributed by atoms with van der Waals surface area (Å²) < 4.78 is 18.2. The lowest BCUT2D eigenvalue weighted by atomic mass is 10.1. The van der Waals surface area contributed by atoms with Gasteiger partial charge in [-0.25, -0.2) is 0 Å². The number of carbonyl (C=O) groups is 2. The highest BCUT2D eigenvalue weighted by atomic mass is 35.5. The van der Waals surface area contributed by atoms with E-state index in [1.54, 1.807) is 25.3 Å². The summed E-state index contributed by atoms with van der Waals surface area (Å²) in [7, 11) is 3.54. The van der Waals surface area contributed by atoms with Crippen LogP contribution in [0.3, 0.4) is 0 Å². The number of hydrogen-bond acceptors (Lipinski definition) is 5. The number of esters is 1. The number of fused-ring (bicyclic) bond motifs is 2. The number of allylic oxidation sites excluding steroid dienone is 1. The van der Waals surface area contributed by atoms with E-state index in [2.05, 4.69) is 0 Å². The highest BCUT2D eigenvalue weighted by Gasteiger charge is 2.28. The Kier molecular flexibility index (Phi) is 4.80. The van der Waals surface area contributed by atoms with Crippen LogP contribution in [0.2, 0.25) is 0 Å². The van der Waals surface area contributed by atoms with Crippen LogP contribution >= 0.6 is 11.6 Å². The van der Waals surface area contributed by atoms with Gasteiger partial charge in [-0.05, 0) is 43.3 Å². The van der Waals surface area contributed by atoms with Crippen LogP contribution < -0.4 is 14.2 Å². The molecule has 0 saturated carbocycles. The van der Waals surface area contributed by atoms with Crippen LogP contribution in [0, 0.1) is 0 Å². The Hall–Kier alpha value is -3.25. The summed E-state index contributed by atoms with van der Waals surface area (Å²) in [5.41, 5.74) is 2.25. The number of aryl methyl sites for hydroxylation is 1. The number of nitrogens with zero attached hydrogens (tertiary/aromatic N) is 1. The van der Waals surface area contributed by atoms with Crippen molar-refractivity contribution in [2.75, 3.05) is 7.11 Å². The number of methoxy groups -OCH3 is 1. The number of aromatic nitrogens is 1. The molecule has 0 amide bonds. The first-order valence-corrected chi connectivity index (χ1v) is 9.38. The molecule has 3 aromatic rings. The molecule has 1 unspecified atom stereocenters. The van der Waals surface area contributed by atoms with Crippen LogP contribution in [0.5, 0.6) is 17.2 Å². The van der Waals surface area contributed by atoms with Gasteiger partial charge in [0.05, 0.1) is 12.7 Å². The third kappa shape index (κ3) is 3.47. The molecule has 1 atom stereocenters. The Morgan fingerprint density at radius 1 is 1.21 bits per heavy atom. The first-order chi connectivity index (χ1) is 13.9. The lowest BCUT2D eigenvalue weighted by Gasteiger charge is -2.06. The molecule has 6 nitrogen and oxygen atoms in total. The molecule has 1 aliphatic rings. The van der Waals surface area contributed by atoms with E-state index in [-0.39, 0.29) is 17.3 Å². The normalized spacial score (nSPS) is 15.3. The maximum atomic E-state index is 12.8. The monoisotopic (exact) mass is 411 g/mol. The Labute approximate surface area is 172 Å². The molecule has 0 fully saturated rings. The molecule has 2 aromatic carbocycles. The van der Waals surface area contributed by atoms with Crippen LogP contribution in [0.25, 0.3) is 17.0 Å². The zero-order valence-corrected chi connectivity index (χ0v) is 16.8. The van der Waals surface area contributed by atoms with Crippen molar-refractivity contribution < 1.29 is 23.8 Å². The number of ketones is 1. The second-order valence-electron chi connectivity index (χ2n) is 6.71. The number of halogens is 1. The smallest absolute Gasteiger partial charge is 0.329 e. The van der Waals surface area contributed by atoms with Gasteiger partial charge >= 0.3 is 5.97 Å². The Bertz CT molecular complexity index is 1180. The fourth-order valence-electron chi connectivity index (χ4n) is 3.21. The third-order valence-electron chi connectivity index (χ3n) is 4.70. The van der Waals surface area contributed by atoms with Crippen molar-refractivity contribution in [2.45, 2.75) is 12.3 Å². The minimum atomic E-state index is -0.774. The van der Waals surface area contributed by atoms with Crippen molar-refractivity contribution in [1.82, 2.24) is 4.57 Å². The van der Waals surface area contributed by atoms with Gasteiger partial charge in [0, 0.05) is 35.8 Å². The minimum Gasteiger partial charge on any atom is -0.497 e. The first kappa shape index (κ1) is 19.1. The molecule has 7 heteroatoms. The van der Waals surface area contributed by atoms with Gasteiger partial charge < -0.3 is 18.8 Å². The summed E-state index contributed by atoms with van der Waals surface area (Å²) in [5, 5.41) is 0.169. The predicted octanol–water partition coefficient (Wildman–Crippen LogP) is 4.34. The molecule has 0 spiro atoms. The number of benzene rings is 2. The highest BCUT2D eigenvalue weighted by Crippen LogP contribution is 2.36. The highest BCUT2D eigenvalue weighted by molar-refractivity contribution is 6.29. The summed E-state index contributed by atoms with van der Waals surface area (Å²) in [6, 6.07) is 10.4. The van der Waals surface area contributed by atoms with E-state index >= 15 is 0 Å². The fourth-order valence-corrected chi connectivity index (χ4v) is 3.26. The Balaban J connectivity index is 1.68. The number of carbonyl (C=O) groups excluding carboxylic acids is 2. The molecule has 2 heterocycles. The van der Waals surface area contributed by atoms with Crippen LogP contribution in [0.1, 0.15) is 22.8 Å². The van der Waals surface area contributed by atoms with Gasteiger partial charge in [-0.1, -0.05) is 0 Å². The van der Waals surface area contributed by atoms with E-state index in [1.807, 2.05) is 36.0 Å². The molecule has 0 aliphatic carbocycles. The van der Waals surface area contributed by atoms with Gasteiger partial charge in [0.1, 0.15) is 22.6 Å². The lowest BCUT2D eigenvalue weighted by molar-refractivity contribution is -0.133. The average molecular weight is 412 g/mol. The third-order valence-corrected chi connectivity index (χ3v) is 4.88. The molecule has 0 N–H and O–H groups in total. The van der Waals surface area contributed by atoms with Crippen LogP contribution in [-0.2, 0) is 11.8 Å². The molecule has 0 saturated heterocycles. The fraction of sp³-hybridized carbons (Fsp3) is 0.182. The van der Waals surface area contributed by atoms with Crippen molar-refractivity contribution in [3.8, 4) is 17.2 Å². The summed E-state index contributed by atoms with van der Waals surface area (Å²) >= 11 is 5.72. The van der Waals surface area contributed by atoms with Crippen LogP contribution in [-0.4, -0.2) is 28.8 Å². The van der Waals surface area contributed by atoms with Crippen molar-refractivity contribution >= 4 is 40.3 Å². The molecule has 1 aromatic heterocycles. The molecular weight excluding hydrogens is 394 g/mol. The SMILES string of the molecule is COc1ccc2c(c1)c(/C=C1\Oc3cc(OC(=O)C(C)Cl)ccc3C1=O)cn2C. The number of Topliss-reactive ketones (excluding diaryl/α,β-unsaturated/α-hetero) is 1. The molecule has 1 aliphatic heterocycles. The molecule has 148 valence electrons. The lowest BCUT2D eigenvalue weighted by Crippen LogP contribution is -2.17. The molecular formula is C22H18ClNO5.